The summed E-state index contributed by atoms with van der Waals surface area (Å²) in [7, 11) is 0. The van der Waals surface area contributed by atoms with Gasteiger partial charge in [-0.05, 0) is 51.9 Å². The molecule has 16 heterocycles. The standard InChI is InChI=1S/C47H38N4.2C2HF3O2/c1-3-7-46-42(5-1)44-25-27-50(46)32-38-17-21-40(22-18-38)41-23-19-39(20-24-41)33-51-28-26-45(43-6-2-4-8-47(43)51)49-31-37-15-11-35(12-16-37)29-34-9-13-36(14-10-34)30-48-44;2*3-2(4,5)1(6)7/h1-28H,29-33H2;2*(H,6,7). The number of carboxylic acid groups (broad SMARTS) is 2. The van der Waals surface area contributed by atoms with Gasteiger partial charge in [0.2, 0.25) is 11.0 Å². The molecule has 8 nitrogen and oxygen atoms in total. The number of carboxylic acids is 2. The molecule has 2 aromatic heterocycles. The predicted molar refractivity (Wildman–Crippen MR) is 231 cm³/mol. The average Bonchev–Trinajstić information content (AvgIpc) is 3.29. The highest BCUT2D eigenvalue weighted by Gasteiger charge is 2.29. The first-order valence-electron chi connectivity index (χ1n) is 20.3. The molecule has 0 unspecified atom stereocenters. The maximum Gasteiger partial charge on any atom is 0.430 e. The van der Waals surface area contributed by atoms with Crippen LogP contribution in [0.1, 0.15) is 33.4 Å². The first kappa shape index (κ1) is 45.3. The molecule has 0 aliphatic carbocycles. The molecule has 14 aliphatic heterocycles. The first-order chi connectivity index (χ1) is 31.1. The summed E-state index contributed by atoms with van der Waals surface area (Å²) in [6, 6.07) is 57.8. The van der Waals surface area contributed by atoms with Crippen molar-refractivity contribution in [1.82, 2.24) is 0 Å². The van der Waals surface area contributed by atoms with Crippen molar-refractivity contribution in [1.29, 1.82) is 0 Å². The summed E-state index contributed by atoms with van der Waals surface area (Å²) in [6.45, 7) is 3.16. The van der Waals surface area contributed by atoms with Gasteiger partial charge in [0.25, 0.3) is 0 Å². The number of hydrogen-bond acceptors (Lipinski definition) is 6. The fourth-order valence-corrected chi connectivity index (χ4v) is 7.34. The summed E-state index contributed by atoms with van der Waals surface area (Å²) >= 11 is 0. The smallest absolute Gasteiger partial charge is 0.430 e. The fourth-order valence-electron chi connectivity index (χ4n) is 7.34. The number of nitrogens with zero attached hydrogens (tertiary/aromatic N) is 2. The van der Waals surface area contributed by atoms with Crippen molar-refractivity contribution in [2.24, 2.45) is 0 Å². The molecule has 0 radical (unpaired) electrons. The van der Waals surface area contributed by atoms with Crippen LogP contribution < -0.4 is 30.0 Å². The van der Waals surface area contributed by atoms with E-state index in [0.29, 0.717) is 0 Å². The maximum atomic E-state index is 10.5. The van der Waals surface area contributed by atoms with E-state index in [2.05, 4.69) is 190 Å². The van der Waals surface area contributed by atoms with Gasteiger partial charge in [0, 0.05) is 48.5 Å². The van der Waals surface area contributed by atoms with E-state index < -0.39 is 24.3 Å². The summed E-state index contributed by atoms with van der Waals surface area (Å²) in [5, 5.41) is 27.5. The van der Waals surface area contributed by atoms with E-state index in [1.54, 1.807) is 0 Å². The van der Waals surface area contributed by atoms with Crippen LogP contribution in [0.4, 0.5) is 37.7 Å². The number of halogens is 6. The number of rotatable bonds is 0. The Morgan fingerprint density at radius 3 is 1.08 bits per heavy atom. The number of aliphatic carboxylic acids is 2. The van der Waals surface area contributed by atoms with Crippen LogP contribution >= 0.6 is 0 Å². The molecule has 0 saturated heterocycles. The van der Waals surface area contributed by atoms with E-state index in [4.69, 9.17) is 19.8 Å². The third-order valence-corrected chi connectivity index (χ3v) is 10.7. The second kappa shape index (κ2) is 19.8. The maximum absolute atomic E-state index is 10.5. The number of fused-ring (bicyclic) bond motifs is 1. The van der Waals surface area contributed by atoms with E-state index in [1.807, 2.05) is 0 Å². The molecule has 6 aromatic carbocycles. The number of aromatic nitrogens is 2. The SMILES string of the molecule is O=C([O-])C(F)(F)F.O=C([O-])C(F)(F)F.c1ccc2c(c1)c1cc[n+]2Cc2ccc(cc2)-c2ccc(cc2)C[n+]2ccc(c3ccccc32)NCc2ccc(cc2)Cc2ccc(cc2)CN1. The van der Waals surface area contributed by atoms with Crippen LogP contribution in [0.15, 0.2) is 170 Å². The van der Waals surface area contributed by atoms with Gasteiger partial charge in [-0.25, -0.2) is 0 Å². The van der Waals surface area contributed by atoms with Crippen molar-refractivity contribution >= 4 is 45.1 Å². The minimum atomic E-state index is -5.19. The Morgan fingerprint density at radius 2 is 0.738 bits per heavy atom. The van der Waals surface area contributed by atoms with Gasteiger partial charge in [0.05, 0.1) is 22.1 Å². The number of benzene rings is 6. The number of carbonyl (C=O) groups excluding carboxylic acids is 2. The monoisotopic (exact) mass is 886 g/mol. The third-order valence-electron chi connectivity index (χ3n) is 10.7. The van der Waals surface area contributed by atoms with Gasteiger partial charge >= 0.3 is 12.4 Å². The molecule has 0 saturated carbocycles. The van der Waals surface area contributed by atoms with Crippen molar-refractivity contribution in [3.05, 3.63) is 203 Å². The van der Waals surface area contributed by atoms with E-state index >= 15 is 0 Å². The number of pyridine rings is 2. The van der Waals surface area contributed by atoms with Crippen LogP contribution in [-0.4, -0.2) is 24.3 Å². The van der Waals surface area contributed by atoms with Crippen molar-refractivity contribution in [3.63, 3.8) is 0 Å². The predicted octanol–water partition coefficient (Wildman–Crippen LogP) is 8.06. The Bertz CT molecular complexity index is 2720. The summed E-state index contributed by atoms with van der Waals surface area (Å²) < 4.78 is 67.8. The molecule has 0 spiro atoms. The third kappa shape index (κ3) is 11.8. The zero-order valence-electron chi connectivity index (χ0n) is 34.5. The minimum absolute atomic E-state index is 0.773. The van der Waals surface area contributed by atoms with Crippen molar-refractivity contribution in [2.45, 2.75) is 45.0 Å². The van der Waals surface area contributed by atoms with Gasteiger partial charge in [-0.2, -0.15) is 35.5 Å². The lowest BCUT2D eigenvalue weighted by Gasteiger charge is -2.11. The second-order valence-electron chi connectivity index (χ2n) is 15.2. The number of alkyl halides is 6. The molecule has 330 valence electrons. The van der Waals surface area contributed by atoms with Crippen molar-refractivity contribution < 1.29 is 55.3 Å². The van der Waals surface area contributed by atoms with Gasteiger partial charge in [-0.15, -0.1) is 0 Å². The molecule has 14 heteroatoms. The van der Waals surface area contributed by atoms with Gasteiger partial charge in [0.1, 0.15) is 11.9 Å². The van der Waals surface area contributed by atoms with Gasteiger partial charge < -0.3 is 30.4 Å². The summed E-state index contributed by atoms with van der Waals surface area (Å²) in [5.74, 6) is -6.01. The minimum Gasteiger partial charge on any atom is -0.542 e. The number of hydrogen-bond donors (Lipinski definition) is 2. The van der Waals surface area contributed by atoms with E-state index in [1.165, 1.54) is 66.3 Å². The van der Waals surface area contributed by atoms with Gasteiger partial charge in [-0.1, -0.05) is 121 Å². The van der Waals surface area contributed by atoms with Gasteiger partial charge in [-0.3, -0.25) is 0 Å². The van der Waals surface area contributed by atoms with Crippen LogP contribution in [0.25, 0.3) is 32.9 Å². The summed E-state index contributed by atoms with van der Waals surface area (Å²) in [4.78, 5) is 17.6. The zero-order valence-corrected chi connectivity index (χ0v) is 34.5. The molecule has 0 atom stereocenters. The van der Waals surface area contributed by atoms with Crippen LogP contribution in [0, 0.1) is 0 Å². The van der Waals surface area contributed by atoms with E-state index in [-0.39, 0.29) is 0 Å². The lowest BCUT2D eigenvalue weighted by Crippen LogP contribution is -2.37. The van der Waals surface area contributed by atoms with Crippen LogP contribution in [0.3, 0.4) is 0 Å². The topological polar surface area (TPSA) is 112 Å². The molecular weight excluding hydrogens is 847 g/mol. The van der Waals surface area contributed by atoms with Crippen molar-refractivity contribution in [2.75, 3.05) is 10.6 Å². The summed E-state index contributed by atoms with van der Waals surface area (Å²) in [5.41, 5.74) is 14.9. The Labute approximate surface area is 369 Å². The van der Waals surface area contributed by atoms with Crippen LogP contribution in [0.5, 0.6) is 0 Å². The second-order valence-corrected chi connectivity index (χ2v) is 15.2. The largest absolute Gasteiger partial charge is 0.542 e. The molecule has 12 bridgehead atoms. The molecule has 14 aliphatic rings. The Hall–Kier alpha value is -7.74. The van der Waals surface area contributed by atoms with Gasteiger partial charge in [0.15, 0.2) is 25.5 Å². The number of para-hydroxylation sites is 2. The number of anilines is 2. The van der Waals surface area contributed by atoms with Crippen molar-refractivity contribution in [3.8, 4) is 11.1 Å². The molecule has 0 amide bonds. The lowest BCUT2D eigenvalue weighted by atomic mass is 10.0. The lowest BCUT2D eigenvalue weighted by molar-refractivity contribution is -0.662. The fraction of sp³-hybridized carbons (Fsp3) is 0.137. The highest BCUT2D eigenvalue weighted by molar-refractivity contribution is 5.89. The highest BCUT2D eigenvalue weighted by Crippen LogP contribution is 2.26. The Balaban J connectivity index is 0.000000392. The van der Waals surface area contributed by atoms with Crippen LogP contribution in [-0.2, 0) is 42.2 Å². The number of nitrogens with one attached hydrogen (secondary N) is 2. The molecule has 65 heavy (non-hydrogen) atoms. The quantitative estimate of drug-likeness (QED) is 0.118. The Kier molecular flexibility index (Phi) is 13.8. The average molecular weight is 887 g/mol. The summed E-state index contributed by atoms with van der Waals surface area (Å²) in [6.07, 6.45) is -5.06. The molecule has 22 rings (SSSR count). The molecule has 2 N–H and O–H groups in total. The van der Waals surface area contributed by atoms with E-state index in [9.17, 15) is 26.3 Å². The van der Waals surface area contributed by atoms with E-state index in [0.717, 1.165) is 44.0 Å². The Morgan fingerprint density at radius 1 is 0.431 bits per heavy atom. The normalized spacial score (nSPS) is 12.6. The highest BCUT2D eigenvalue weighted by atomic mass is 19.4. The molecule has 8 aromatic rings. The van der Waals surface area contributed by atoms with Crippen LogP contribution in [0.2, 0.25) is 0 Å². The molecular formula is C51H40F6N4O4. The number of carbonyl (C=O) groups is 2. The first-order valence-corrected chi connectivity index (χ1v) is 20.3. The zero-order chi connectivity index (χ0) is 46.1. The molecule has 0 fully saturated rings.